The molecule has 1 fully saturated rings. The molecule has 94 valence electrons. The summed E-state index contributed by atoms with van der Waals surface area (Å²) in [7, 11) is 0. The number of benzene rings is 1. The van der Waals surface area contributed by atoms with Crippen molar-refractivity contribution in [3.63, 3.8) is 0 Å². The van der Waals surface area contributed by atoms with E-state index in [0.717, 1.165) is 31.5 Å². The number of hydrogen-bond donors (Lipinski definition) is 1. The Morgan fingerprint density at radius 2 is 1.82 bits per heavy atom. The minimum atomic E-state index is -0.593. The molecule has 0 amide bonds. The average Bonchev–Trinajstić information content (AvgIpc) is 2.39. The van der Waals surface area contributed by atoms with Crippen LogP contribution in [0.15, 0.2) is 30.3 Å². The van der Waals surface area contributed by atoms with Gasteiger partial charge in [0.2, 0.25) is 0 Å². The molecule has 0 spiro atoms. The van der Waals surface area contributed by atoms with Gasteiger partial charge in [-0.1, -0.05) is 43.7 Å². The van der Waals surface area contributed by atoms with Gasteiger partial charge in [0.05, 0.1) is 5.60 Å². The first-order chi connectivity index (χ1) is 8.24. The molecule has 0 unspecified atom stereocenters. The Kier molecular flexibility index (Phi) is 4.19. The smallest absolute Gasteiger partial charge is 0.0920 e. The first-order valence-electron chi connectivity index (χ1n) is 6.75. The van der Waals surface area contributed by atoms with E-state index < -0.39 is 5.60 Å². The van der Waals surface area contributed by atoms with E-state index in [9.17, 15) is 5.11 Å². The van der Waals surface area contributed by atoms with E-state index in [2.05, 4.69) is 11.8 Å². The Morgan fingerprint density at radius 3 is 2.41 bits per heavy atom. The first-order valence-corrected chi connectivity index (χ1v) is 6.75. The molecule has 1 saturated heterocycles. The summed E-state index contributed by atoms with van der Waals surface area (Å²) in [6, 6.07) is 10.1. The van der Waals surface area contributed by atoms with Gasteiger partial charge in [0.15, 0.2) is 0 Å². The largest absolute Gasteiger partial charge is 0.385 e. The van der Waals surface area contributed by atoms with Crippen molar-refractivity contribution in [3.05, 3.63) is 35.9 Å². The number of unbranched alkanes of at least 4 members (excludes halogenated alkanes) is 1. The summed E-state index contributed by atoms with van der Waals surface area (Å²) >= 11 is 0. The van der Waals surface area contributed by atoms with E-state index in [0.29, 0.717) is 0 Å². The van der Waals surface area contributed by atoms with Crippen LogP contribution >= 0.6 is 0 Å². The third-order valence-corrected chi connectivity index (χ3v) is 3.82. The Bertz CT molecular complexity index is 328. The van der Waals surface area contributed by atoms with E-state index >= 15 is 0 Å². The van der Waals surface area contributed by atoms with Crippen molar-refractivity contribution in [2.75, 3.05) is 19.6 Å². The molecule has 0 aromatic heterocycles. The van der Waals surface area contributed by atoms with Crippen LogP contribution in [-0.4, -0.2) is 29.6 Å². The lowest BCUT2D eigenvalue weighted by molar-refractivity contribution is -0.0260. The SMILES string of the molecule is CCCCN1CCC(O)(c2ccccc2)CC1. The van der Waals surface area contributed by atoms with Gasteiger partial charge in [-0.15, -0.1) is 0 Å². The van der Waals surface area contributed by atoms with Crippen LogP contribution in [0.2, 0.25) is 0 Å². The first kappa shape index (κ1) is 12.6. The molecule has 0 aliphatic carbocycles. The van der Waals surface area contributed by atoms with Crippen LogP contribution in [0.1, 0.15) is 38.2 Å². The van der Waals surface area contributed by atoms with Gasteiger partial charge in [0.25, 0.3) is 0 Å². The van der Waals surface area contributed by atoms with Gasteiger partial charge < -0.3 is 10.0 Å². The van der Waals surface area contributed by atoms with Crippen molar-refractivity contribution in [1.29, 1.82) is 0 Å². The summed E-state index contributed by atoms with van der Waals surface area (Å²) in [5.41, 5.74) is 0.486. The van der Waals surface area contributed by atoms with E-state index in [4.69, 9.17) is 0 Å². The Balaban J connectivity index is 1.93. The molecule has 1 aromatic carbocycles. The molecule has 0 saturated carbocycles. The highest BCUT2D eigenvalue weighted by Crippen LogP contribution is 2.32. The molecule has 1 aromatic rings. The predicted molar refractivity (Wildman–Crippen MR) is 70.9 cm³/mol. The Labute approximate surface area is 104 Å². The Morgan fingerprint density at radius 1 is 1.18 bits per heavy atom. The van der Waals surface area contributed by atoms with E-state index in [1.54, 1.807) is 0 Å². The van der Waals surface area contributed by atoms with Crippen LogP contribution in [0, 0.1) is 0 Å². The summed E-state index contributed by atoms with van der Waals surface area (Å²) in [6.07, 6.45) is 4.24. The molecule has 2 rings (SSSR count). The number of likely N-dealkylation sites (tertiary alicyclic amines) is 1. The zero-order valence-corrected chi connectivity index (χ0v) is 10.7. The molecule has 1 N–H and O–H groups in total. The molecule has 0 radical (unpaired) electrons. The van der Waals surface area contributed by atoms with Crippen LogP contribution in [0.25, 0.3) is 0 Å². The molecule has 0 bridgehead atoms. The van der Waals surface area contributed by atoms with Crippen molar-refractivity contribution in [2.45, 2.75) is 38.2 Å². The quantitative estimate of drug-likeness (QED) is 0.864. The standard InChI is InChI=1S/C15H23NO/c1-2-3-11-16-12-9-15(17,10-13-16)14-7-5-4-6-8-14/h4-8,17H,2-3,9-13H2,1H3. The van der Waals surface area contributed by atoms with E-state index in [1.807, 2.05) is 30.3 Å². The molecule has 1 heterocycles. The number of piperidine rings is 1. The number of rotatable bonds is 4. The molecule has 2 heteroatoms. The van der Waals surface area contributed by atoms with Crippen LogP contribution in [0.3, 0.4) is 0 Å². The van der Waals surface area contributed by atoms with E-state index in [-0.39, 0.29) is 0 Å². The number of hydrogen-bond acceptors (Lipinski definition) is 2. The summed E-state index contributed by atoms with van der Waals surface area (Å²) in [4.78, 5) is 2.47. The monoisotopic (exact) mass is 233 g/mol. The van der Waals surface area contributed by atoms with Crippen molar-refractivity contribution >= 4 is 0 Å². The highest BCUT2D eigenvalue weighted by molar-refractivity contribution is 5.22. The zero-order valence-electron chi connectivity index (χ0n) is 10.7. The maximum Gasteiger partial charge on any atom is 0.0920 e. The van der Waals surface area contributed by atoms with Gasteiger partial charge in [0, 0.05) is 13.1 Å². The molecule has 1 aliphatic rings. The van der Waals surface area contributed by atoms with Gasteiger partial charge in [0.1, 0.15) is 0 Å². The molecule has 2 nitrogen and oxygen atoms in total. The lowest BCUT2D eigenvalue weighted by Gasteiger charge is -2.38. The Hall–Kier alpha value is -0.860. The van der Waals surface area contributed by atoms with Gasteiger partial charge in [-0.3, -0.25) is 0 Å². The average molecular weight is 233 g/mol. The van der Waals surface area contributed by atoms with Crippen LogP contribution in [0.5, 0.6) is 0 Å². The number of nitrogens with zero attached hydrogens (tertiary/aromatic N) is 1. The maximum atomic E-state index is 10.7. The summed E-state index contributed by atoms with van der Waals surface area (Å²) in [5.74, 6) is 0. The molecule has 17 heavy (non-hydrogen) atoms. The molecule has 0 atom stereocenters. The van der Waals surface area contributed by atoms with Crippen LogP contribution < -0.4 is 0 Å². The lowest BCUT2D eigenvalue weighted by Crippen LogP contribution is -2.42. The van der Waals surface area contributed by atoms with Gasteiger partial charge in [-0.05, 0) is 31.4 Å². The van der Waals surface area contributed by atoms with Crippen molar-refractivity contribution < 1.29 is 5.11 Å². The maximum absolute atomic E-state index is 10.7. The number of aliphatic hydroxyl groups is 1. The van der Waals surface area contributed by atoms with Crippen LogP contribution in [0.4, 0.5) is 0 Å². The fraction of sp³-hybridized carbons (Fsp3) is 0.600. The molecular formula is C15H23NO. The van der Waals surface area contributed by atoms with Crippen molar-refractivity contribution in [2.24, 2.45) is 0 Å². The van der Waals surface area contributed by atoms with Gasteiger partial charge in [-0.2, -0.15) is 0 Å². The predicted octanol–water partition coefficient (Wildman–Crippen LogP) is 2.77. The highest BCUT2D eigenvalue weighted by atomic mass is 16.3. The fourth-order valence-corrected chi connectivity index (χ4v) is 2.57. The topological polar surface area (TPSA) is 23.5 Å². The summed E-state index contributed by atoms with van der Waals surface area (Å²) in [6.45, 7) is 5.45. The second-order valence-corrected chi connectivity index (χ2v) is 5.09. The molecule has 1 aliphatic heterocycles. The van der Waals surface area contributed by atoms with Crippen molar-refractivity contribution in [1.82, 2.24) is 4.90 Å². The second kappa shape index (κ2) is 5.65. The lowest BCUT2D eigenvalue weighted by atomic mass is 9.84. The summed E-state index contributed by atoms with van der Waals surface area (Å²) < 4.78 is 0. The van der Waals surface area contributed by atoms with Crippen LogP contribution in [-0.2, 0) is 5.60 Å². The van der Waals surface area contributed by atoms with E-state index in [1.165, 1.54) is 19.4 Å². The summed E-state index contributed by atoms with van der Waals surface area (Å²) in [5, 5.41) is 10.7. The second-order valence-electron chi connectivity index (χ2n) is 5.09. The normalized spacial score (nSPS) is 20.4. The molecular weight excluding hydrogens is 210 g/mol. The minimum Gasteiger partial charge on any atom is -0.385 e. The highest BCUT2D eigenvalue weighted by Gasteiger charge is 2.33. The third kappa shape index (κ3) is 3.08. The fourth-order valence-electron chi connectivity index (χ4n) is 2.57. The van der Waals surface area contributed by atoms with Gasteiger partial charge in [-0.25, -0.2) is 0 Å². The minimum absolute atomic E-state index is 0.593. The zero-order chi connectivity index (χ0) is 12.1. The van der Waals surface area contributed by atoms with Gasteiger partial charge >= 0.3 is 0 Å². The van der Waals surface area contributed by atoms with Crippen molar-refractivity contribution in [3.8, 4) is 0 Å². The third-order valence-electron chi connectivity index (χ3n) is 3.82.